The van der Waals surface area contributed by atoms with Crippen LogP contribution in [0, 0.1) is 35.0 Å². The van der Waals surface area contributed by atoms with E-state index in [2.05, 4.69) is 33.0 Å². The highest BCUT2D eigenvalue weighted by Crippen LogP contribution is 2.64. The van der Waals surface area contributed by atoms with Crippen LogP contribution in [0.5, 0.6) is 0 Å². The summed E-state index contributed by atoms with van der Waals surface area (Å²) >= 11 is 0. The summed E-state index contributed by atoms with van der Waals surface area (Å²) in [6.45, 7) is 10.9. The molecular formula is C28H41NO2. The number of ketones is 1. The summed E-state index contributed by atoms with van der Waals surface area (Å²) in [7, 11) is 0. The van der Waals surface area contributed by atoms with Crippen LogP contribution in [0.15, 0.2) is 22.8 Å². The van der Waals surface area contributed by atoms with Gasteiger partial charge in [0.15, 0.2) is 5.78 Å². The van der Waals surface area contributed by atoms with Crippen LogP contribution in [0.4, 0.5) is 0 Å². The molecule has 3 nitrogen and oxygen atoms in total. The molecule has 2 heterocycles. The third kappa shape index (κ3) is 2.94. The minimum atomic E-state index is 0.0458. The molecule has 0 aromatic heterocycles. The second-order valence-corrected chi connectivity index (χ2v) is 12.5. The Morgan fingerprint density at radius 1 is 1.16 bits per heavy atom. The van der Waals surface area contributed by atoms with Crippen molar-refractivity contribution in [3.63, 3.8) is 0 Å². The normalized spacial score (nSPS) is 51.7. The van der Waals surface area contributed by atoms with E-state index in [1.165, 1.54) is 37.7 Å². The van der Waals surface area contributed by atoms with Gasteiger partial charge in [-0.05, 0) is 100.0 Å². The molecule has 2 aliphatic heterocycles. The molecule has 0 radical (unpaired) electrons. The lowest BCUT2D eigenvalue weighted by atomic mass is 9.56. The summed E-state index contributed by atoms with van der Waals surface area (Å²) in [5.74, 6) is 4.00. The summed E-state index contributed by atoms with van der Waals surface area (Å²) in [5.41, 5.74) is 5.23. The predicted molar refractivity (Wildman–Crippen MR) is 124 cm³/mol. The second-order valence-electron chi connectivity index (χ2n) is 12.5. The minimum Gasteiger partial charge on any atom is -0.369 e. The highest BCUT2D eigenvalue weighted by Gasteiger charge is 2.58. The highest BCUT2D eigenvalue weighted by atomic mass is 16.5. The molecular weight excluding hydrogens is 382 g/mol. The molecule has 3 heteroatoms. The van der Waals surface area contributed by atoms with Gasteiger partial charge < -0.3 is 10.1 Å². The van der Waals surface area contributed by atoms with Gasteiger partial charge in [-0.25, -0.2) is 0 Å². The number of fused-ring (bicyclic) bond motifs is 6. The number of nitrogens with one attached hydrogen (secondary N) is 1. The van der Waals surface area contributed by atoms with Crippen LogP contribution >= 0.6 is 0 Å². The summed E-state index contributed by atoms with van der Waals surface area (Å²) in [4.78, 5) is 12.1. The molecule has 2 saturated heterocycles. The van der Waals surface area contributed by atoms with Crippen molar-refractivity contribution in [2.24, 2.45) is 35.0 Å². The number of hydrogen-bond donors (Lipinski definition) is 1. The average Bonchev–Trinajstić information content (AvgIpc) is 3.19. The van der Waals surface area contributed by atoms with Crippen molar-refractivity contribution in [1.82, 2.24) is 5.32 Å². The van der Waals surface area contributed by atoms with Gasteiger partial charge in [-0.2, -0.15) is 0 Å². The maximum Gasteiger partial charge on any atom is 0.155 e. The van der Waals surface area contributed by atoms with Gasteiger partial charge in [0, 0.05) is 18.4 Å². The van der Waals surface area contributed by atoms with Crippen LogP contribution in [-0.4, -0.2) is 30.1 Å². The van der Waals surface area contributed by atoms with Gasteiger partial charge in [0.05, 0.1) is 11.7 Å². The summed E-state index contributed by atoms with van der Waals surface area (Å²) in [6.07, 6.45) is 12.9. The molecule has 0 bridgehead atoms. The van der Waals surface area contributed by atoms with Gasteiger partial charge in [0.2, 0.25) is 0 Å². The van der Waals surface area contributed by atoms with Crippen LogP contribution in [0.1, 0.15) is 85.5 Å². The SMILES string of the molecule is CC1=C2C[C@H]3[C@@H](CCC4=CC(=O)CC[C@@]43C)[C@@H]2CC[C@@]2(C1)OC1C[C@H](C)CN[C@H]1[C@H]2C. The van der Waals surface area contributed by atoms with Crippen LogP contribution in [-0.2, 0) is 9.53 Å². The number of carbonyl (C=O) groups is 1. The van der Waals surface area contributed by atoms with E-state index in [4.69, 9.17) is 4.74 Å². The number of allylic oxidation sites excluding steroid dienone is 3. The Morgan fingerprint density at radius 3 is 2.84 bits per heavy atom. The number of carbonyl (C=O) groups excluding carboxylic acids is 1. The maximum absolute atomic E-state index is 12.1. The lowest BCUT2D eigenvalue weighted by molar-refractivity contribution is -0.116. The lowest BCUT2D eigenvalue weighted by Crippen LogP contribution is -2.48. The molecule has 4 aliphatic carbocycles. The molecule has 170 valence electrons. The van der Waals surface area contributed by atoms with Crippen molar-refractivity contribution in [2.75, 3.05) is 6.54 Å². The standard InChI is InChI=1S/C28H41NO2/c1-16-11-25-26(29-15-16)18(3)28(31-25)10-8-21-22-6-5-19-12-20(30)7-9-27(19,4)24(22)13-23(21)17(2)14-28/h12,16,18,21-22,24-26,29H,5-11,13-15H2,1-4H3/t16-,18+,21-,22-,24-,25?,26-,27-,28-/m0/s1. The molecule has 0 aromatic rings. The molecule has 6 aliphatic rings. The third-order valence-corrected chi connectivity index (χ3v) is 10.9. The first-order chi connectivity index (χ1) is 14.8. The van der Waals surface area contributed by atoms with E-state index in [1.54, 1.807) is 11.1 Å². The number of rotatable bonds is 0. The van der Waals surface area contributed by atoms with E-state index >= 15 is 0 Å². The second kappa shape index (κ2) is 7.03. The van der Waals surface area contributed by atoms with E-state index in [9.17, 15) is 4.79 Å². The summed E-state index contributed by atoms with van der Waals surface area (Å²) < 4.78 is 7.00. The van der Waals surface area contributed by atoms with Crippen molar-refractivity contribution >= 4 is 5.78 Å². The zero-order valence-corrected chi connectivity index (χ0v) is 20.0. The number of ether oxygens (including phenoxy) is 1. The zero-order chi connectivity index (χ0) is 21.5. The average molecular weight is 424 g/mol. The summed E-state index contributed by atoms with van der Waals surface area (Å²) in [5, 5.41) is 3.85. The first-order valence-electron chi connectivity index (χ1n) is 13.1. The van der Waals surface area contributed by atoms with Crippen LogP contribution in [0.25, 0.3) is 0 Å². The van der Waals surface area contributed by atoms with E-state index < -0.39 is 0 Å². The smallest absolute Gasteiger partial charge is 0.155 e. The summed E-state index contributed by atoms with van der Waals surface area (Å²) in [6, 6.07) is 0.542. The van der Waals surface area contributed by atoms with Crippen molar-refractivity contribution in [3.05, 3.63) is 22.8 Å². The van der Waals surface area contributed by atoms with Crippen molar-refractivity contribution in [1.29, 1.82) is 0 Å². The Morgan fingerprint density at radius 2 is 2.00 bits per heavy atom. The molecule has 31 heavy (non-hydrogen) atoms. The molecule has 4 fully saturated rings. The fourth-order valence-electron chi connectivity index (χ4n) is 9.13. The Labute approximate surface area is 188 Å². The zero-order valence-electron chi connectivity index (χ0n) is 20.0. The van der Waals surface area contributed by atoms with Crippen molar-refractivity contribution in [3.8, 4) is 0 Å². The monoisotopic (exact) mass is 423 g/mol. The third-order valence-electron chi connectivity index (χ3n) is 10.9. The molecule has 0 amide bonds. The minimum absolute atomic E-state index is 0.0458. The molecule has 9 atom stereocenters. The fraction of sp³-hybridized carbons (Fsp3) is 0.821. The topological polar surface area (TPSA) is 38.3 Å². The molecule has 1 unspecified atom stereocenters. The van der Waals surface area contributed by atoms with E-state index in [0.717, 1.165) is 55.9 Å². The van der Waals surface area contributed by atoms with Gasteiger partial charge in [0.1, 0.15) is 0 Å². The van der Waals surface area contributed by atoms with Gasteiger partial charge in [-0.1, -0.05) is 37.5 Å². The molecule has 0 aromatic carbocycles. The van der Waals surface area contributed by atoms with Crippen molar-refractivity contribution in [2.45, 2.75) is 103 Å². The van der Waals surface area contributed by atoms with Gasteiger partial charge >= 0.3 is 0 Å². The molecule has 2 saturated carbocycles. The van der Waals surface area contributed by atoms with Gasteiger partial charge in [0.25, 0.3) is 0 Å². The van der Waals surface area contributed by atoms with E-state index in [-0.39, 0.29) is 11.0 Å². The first kappa shape index (κ1) is 20.7. The molecule has 1 N–H and O–H groups in total. The van der Waals surface area contributed by atoms with Crippen molar-refractivity contribution < 1.29 is 9.53 Å². The predicted octanol–water partition coefficient (Wildman–Crippen LogP) is 5.60. The first-order valence-corrected chi connectivity index (χ1v) is 13.1. The quantitative estimate of drug-likeness (QED) is 0.515. The Bertz CT molecular complexity index is 857. The number of hydrogen-bond acceptors (Lipinski definition) is 3. The number of piperidine rings is 1. The van der Waals surface area contributed by atoms with Crippen LogP contribution < -0.4 is 5.32 Å². The van der Waals surface area contributed by atoms with E-state index in [1.807, 2.05) is 6.08 Å². The maximum atomic E-state index is 12.1. The van der Waals surface area contributed by atoms with Crippen LogP contribution in [0.2, 0.25) is 0 Å². The van der Waals surface area contributed by atoms with E-state index in [0.29, 0.717) is 23.8 Å². The Hall–Kier alpha value is -0.930. The van der Waals surface area contributed by atoms with Gasteiger partial charge in [-0.3, -0.25) is 4.79 Å². The lowest BCUT2D eigenvalue weighted by Gasteiger charge is -2.48. The Kier molecular flexibility index (Phi) is 4.69. The largest absolute Gasteiger partial charge is 0.369 e. The van der Waals surface area contributed by atoms with Crippen LogP contribution in [0.3, 0.4) is 0 Å². The Balaban J connectivity index is 1.30. The highest BCUT2D eigenvalue weighted by molar-refractivity contribution is 5.91. The van der Waals surface area contributed by atoms with Gasteiger partial charge in [-0.15, -0.1) is 0 Å². The molecule has 6 rings (SSSR count). The fourth-order valence-corrected chi connectivity index (χ4v) is 9.13. The molecule has 1 spiro atoms.